The molecule has 0 saturated heterocycles. The van der Waals surface area contributed by atoms with Gasteiger partial charge in [-0.25, -0.2) is 4.79 Å². The Morgan fingerprint density at radius 3 is 2.23 bits per heavy atom. The largest absolute Gasteiger partial charge is 0.496 e. The van der Waals surface area contributed by atoms with Gasteiger partial charge in [-0.05, 0) is 36.4 Å². The van der Waals surface area contributed by atoms with Crippen molar-refractivity contribution in [1.82, 2.24) is 9.80 Å². The first-order valence-corrected chi connectivity index (χ1v) is 8.21. The number of carbonyl (C=O) groups is 2. The van der Waals surface area contributed by atoms with Crippen LogP contribution in [-0.2, 0) is 11.3 Å². The number of aromatic carboxylic acids is 1. The summed E-state index contributed by atoms with van der Waals surface area (Å²) in [7, 11) is 6.98. The van der Waals surface area contributed by atoms with Gasteiger partial charge in [0.25, 0.3) is 0 Å². The molecule has 0 saturated carbocycles. The monoisotopic (exact) mass is 356 g/mol. The molecule has 2 aromatic rings. The number of methoxy groups -OCH3 is 1. The molecule has 0 spiro atoms. The quantitative estimate of drug-likeness (QED) is 0.826. The highest BCUT2D eigenvalue weighted by Gasteiger charge is 2.12. The minimum absolute atomic E-state index is 0.0506. The number of likely N-dealkylation sites (N-methyl/N-ethyl adjacent to an activating group) is 2. The SMILES string of the molecule is COc1cc(CN(C)CC(=O)N(C)C)ccc1-c1ccc(C(=O)O)cc1. The van der Waals surface area contributed by atoms with Gasteiger partial charge in [0.05, 0.1) is 19.2 Å². The first kappa shape index (κ1) is 19.5. The summed E-state index contributed by atoms with van der Waals surface area (Å²) in [6.45, 7) is 0.960. The van der Waals surface area contributed by atoms with E-state index in [-0.39, 0.29) is 11.5 Å². The summed E-state index contributed by atoms with van der Waals surface area (Å²) in [4.78, 5) is 26.3. The maximum absolute atomic E-state index is 11.8. The van der Waals surface area contributed by atoms with E-state index in [0.717, 1.165) is 16.7 Å². The molecule has 0 bridgehead atoms. The number of carboxylic acid groups (broad SMARTS) is 1. The third kappa shape index (κ3) is 4.83. The Bertz CT molecular complexity index is 785. The molecule has 1 N–H and O–H groups in total. The predicted molar refractivity (Wildman–Crippen MR) is 100 cm³/mol. The predicted octanol–water partition coefficient (Wildman–Crippen LogP) is 2.58. The van der Waals surface area contributed by atoms with Crippen LogP contribution in [0.5, 0.6) is 5.75 Å². The summed E-state index contributed by atoms with van der Waals surface area (Å²) in [5.74, 6) is -0.193. The normalized spacial score (nSPS) is 10.7. The average molecular weight is 356 g/mol. The lowest BCUT2D eigenvalue weighted by Crippen LogP contribution is -2.34. The fourth-order valence-corrected chi connectivity index (χ4v) is 2.60. The van der Waals surface area contributed by atoms with Crippen LogP contribution in [0.15, 0.2) is 42.5 Å². The van der Waals surface area contributed by atoms with Crippen molar-refractivity contribution in [2.24, 2.45) is 0 Å². The number of hydrogen-bond donors (Lipinski definition) is 1. The molecule has 0 unspecified atom stereocenters. The van der Waals surface area contributed by atoms with Crippen LogP contribution < -0.4 is 4.74 Å². The van der Waals surface area contributed by atoms with Gasteiger partial charge in [0.15, 0.2) is 0 Å². The minimum Gasteiger partial charge on any atom is -0.496 e. The highest BCUT2D eigenvalue weighted by Crippen LogP contribution is 2.31. The number of nitrogens with zero attached hydrogens (tertiary/aromatic N) is 2. The summed E-state index contributed by atoms with van der Waals surface area (Å²) < 4.78 is 5.51. The molecule has 6 nitrogen and oxygen atoms in total. The Morgan fingerprint density at radius 2 is 1.69 bits per heavy atom. The number of rotatable bonds is 7. The zero-order chi connectivity index (χ0) is 19.3. The summed E-state index contributed by atoms with van der Waals surface area (Å²) in [5.41, 5.74) is 3.05. The smallest absolute Gasteiger partial charge is 0.335 e. The summed E-state index contributed by atoms with van der Waals surface area (Å²) in [5, 5.41) is 9.01. The third-order valence-corrected chi connectivity index (χ3v) is 4.07. The van der Waals surface area contributed by atoms with E-state index in [9.17, 15) is 9.59 Å². The maximum Gasteiger partial charge on any atom is 0.335 e. The zero-order valence-corrected chi connectivity index (χ0v) is 15.5. The number of carbonyl (C=O) groups excluding carboxylic acids is 1. The van der Waals surface area contributed by atoms with Gasteiger partial charge in [0.1, 0.15) is 5.75 Å². The average Bonchev–Trinajstić information content (AvgIpc) is 2.61. The van der Waals surface area contributed by atoms with Crippen LogP contribution in [0.1, 0.15) is 15.9 Å². The Labute approximate surface area is 153 Å². The van der Waals surface area contributed by atoms with E-state index in [0.29, 0.717) is 18.8 Å². The van der Waals surface area contributed by atoms with Gasteiger partial charge >= 0.3 is 5.97 Å². The first-order chi connectivity index (χ1) is 12.3. The van der Waals surface area contributed by atoms with E-state index in [4.69, 9.17) is 9.84 Å². The molecule has 0 atom stereocenters. The molecular weight excluding hydrogens is 332 g/mol. The second-order valence-corrected chi connectivity index (χ2v) is 6.38. The van der Waals surface area contributed by atoms with E-state index in [1.807, 2.05) is 30.1 Å². The van der Waals surface area contributed by atoms with Crippen molar-refractivity contribution in [3.05, 3.63) is 53.6 Å². The van der Waals surface area contributed by atoms with E-state index in [1.165, 1.54) is 0 Å². The Balaban J connectivity index is 2.19. The molecule has 1 amide bonds. The van der Waals surface area contributed by atoms with Gasteiger partial charge in [0, 0.05) is 26.2 Å². The summed E-state index contributed by atoms with van der Waals surface area (Å²) >= 11 is 0. The number of ether oxygens (including phenoxy) is 1. The number of benzene rings is 2. The van der Waals surface area contributed by atoms with Crippen molar-refractivity contribution in [1.29, 1.82) is 0 Å². The van der Waals surface area contributed by atoms with Crippen molar-refractivity contribution in [2.45, 2.75) is 6.54 Å². The minimum atomic E-state index is -0.950. The van der Waals surface area contributed by atoms with Crippen LogP contribution in [0, 0.1) is 0 Å². The van der Waals surface area contributed by atoms with Gasteiger partial charge in [-0.3, -0.25) is 9.69 Å². The van der Waals surface area contributed by atoms with Gasteiger partial charge in [-0.15, -0.1) is 0 Å². The van der Waals surface area contributed by atoms with Crippen LogP contribution in [0.4, 0.5) is 0 Å². The lowest BCUT2D eigenvalue weighted by atomic mass is 10.0. The molecule has 2 aromatic carbocycles. The molecule has 2 rings (SSSR count). The molecule has 0 aliphatic rings. The van der Waals surface area contributed by atoms with Gasteiger partial charge in [-0.1, -0.05) is 24.3 Å². The Hall–Kier alpha value is -2.86. The molecule has 138 valence electrons. The first-order valence-electron chi connectivity index (χ1n) is 8.21. The van der Waals surface area contributed by atoms with E-state index in [1.54, 1.807) is 50.4 Å². The van der Waals surface area contributed by atoms with Gasteiger partial charge in [0.2, 0.25) is 5.91 Å². The molecular formula is C20H24N2O4. The molecule has 0 fully saturated rings. The van der Waals surface area contributed by atoms with Crippen LogP contribution in [0.2, 0.25) is 0 Å². The van der Waals surface area contributed by atoms with Crippen LogP contribution >= 0.6 is 0 Å². The van der Waals surface area contributed by atoms with Crippen molar-refractivity contribution >= 4 is 11.9 Å². The molecule has 26 heavy (non-hydrogen) atoms. The number of carboxylic acids is 1. The highest BCUT2D eigenvalue weighted by molar-refractivity contribution is 5.88. The standard InChI is InChI=1S/C20H24N2O4/c1-21(2)19(23)13-22(3)12-14-5-10-17(18(11-14)26-4)15-6-8-16(9-7-15)20(24)25/h5-11H,12-13H2,1-4H3,(H,24,25). The fourth-order valence-electron chi connectivity index (χ4n) is 2.60. The molecule has 0 aromatic heterocycles. The van der Waals surface area contributed by atoms with Crippen molar-refractivity contribution in [2.75, 3.05) is 34.8 Å². The molecule has 6 heteroatoms. The Kier molecular flexibility index (Phi) is 6.36. The van der Waals surface area contributed by atoms with Gasteiger partial charge < -0.3 is 14.7 Å². The van der Waals surface area contributed by atoms with E-state index < -0.39 is 5.97 Å². The number of amides is 1. The van der Waals surface area contributed by atoms with Crippen LogP contribution in [0.3, 0.4) is 0 Å². The van der Waals surface area contributed by atoms with E-state index in [2.05, 4.69) is 0 Å². The molecule has 0 aliphatic carbocycles. The number of hydrogen-bond acceptors (Lipinski definition) is 4. The molecule has 0 radical (unpaired) electrons. The lowest BCUT2D eigenvalue weighted by Gasteiger charge is -2.19. The van der Waals surface area contributed by atoms with Crippen LogP contribution in [-0.4, -0.2) is 61.6 Å². The van der Waals surface area contributed by atoms with Gasteiger partial charge in [-0.2, -0.15) is 0 Å². The van der Waals surface area contributed by atoms with E-state index >= 15 is 0 Å². The zero-order valence-electron chi connectivity index (χ0n) is 15.5. The topological polar surface area (TPSA) is 70.1 Å². The second kappa shape index (κ2) is 8.49. The Morgan fingerprint density at radius 1 is 1.04 bits per heavy atom. The lowest BCUT2D eigenvalue weighted by molar-refractivity contribution is -0.129. The maximum atomic E-state index is 11.8. The van der Waals surface area contributed by atoms with Crippen LogP contribution in [0.25, 0.3) is 11.1 Å². The third-order valence-electron chi connectivity index (χ3n) is 4.07. The summed E-state index contributed by atoms with van der Waals surface area (Å²) in [6.07, 6.45) is 0. The van der Waals surface area contributed by atoms with Crippen molar-refractivity contribution in [3.8, 4) is 16.9 Å². The molecule has 0 aliphatic heterocycles. The molecule has 0 heterocycles. The van der Waals surface area contributed by atoms with Crippen molar-refractivity contribution < 1.29 is 19.4 Å². The second-order valence-electron chi connectivity index (χ2n) is 6.38. The highest BCUT2D eigenvalue weighted by atomic mass is 16.5. The van der Waals surface area contributed by atoms with Crippen molar-refractivity contribution in [3.63, 3.8) is 0 Å². The summed E-state index contributed by atoms with van der Waals surface area (Å²) in [6, 6.07) is 12.6. The fraction of sp³-hybridized carbons (Fsp3) is 0.300.